The molecule has 0 radical (unpaired) electrons. The number of piperidine rings is 1. The second-order valence-electron chi connectivity index (χ2n) is 7.42. The van der Waals surface area contributed by atoms with E-state index in [1.807, 2.05) is 13.0 Å². The Morgan fingerprint density at radius 2 is 2.04 bits per heavy atom. The Bertz CT molecular complexity index is 748. The lowest BCUT2D eigenvalue weighted by Crippen LogP contribution is -2.37. The number of pyridine rings is 1. The van der Waals surface area contributed by atoms with Gasteiger partial charge in [0.25, 0.3) is 0 Å². The van der Waals surface area contributed by atoms with Gasteiger partial charge < -0.3 is 10.2 Å². The summed E-state index contributed by atoms with van der Waals surface area (Å²) in [6.45, 7) is 5.62. The molecule has 2 aromatic rings. The zero-order valence-electron chi connectivity index (χ0n) is 15.4. The van der Waals surface area contributed by atoms with Crippen molar-refractivity contribution < 1.29 is 0 Å². The summed E-state index contributed by atoms with van der Waals surface area (Å²) < 4.78 is 0. The Labute approximate surface area is 159 Å². The highest BCUT2D eigenvalue weighted by Crippen LogP contribution is 2.29. The minimum absolute atomic E-state index is 0.565. The number of rotatable bonds is 5. The molecule has 1 atom stereocenters. The number of likely N-dealkylation sites (tertiary alicyclic amines) is 1. The van der Waals surface area contributed by atoms with Gasteiger partial charge in [0.1, 0.15) is 10.8 Å². The van der Waals surface area contributed by atoms with Crippen LogP contribution < -0.4 is 5.32 Å². The van der Waals surface area contributed by atoms with Crippen LogP contribution in [0.1, 0.15) is 48.7 Å². The molecule has 0 bridgehead atoms. The Balaban J connectivity index is 1.32. The molecule has 1 N–H and O–H groups in total. The molecular weight excluding hydrogens is 342 g/mol. The molecule has 0 amide bonds. The largest absolute Gasteiger partial charge is 0.315 e. The van der Waals surface area contributed by atoms with Gasteiger partial charge in [-0.2, -0.15) is 0 Å². The Morgan fingerprint density at radius 1 is 1.15 bits per heavy atom. The highest BCUT2D eigenvalue weighted by atomic mass is 32.1. The molecule has 2 aromatic heterocycles. The standard InChI is InChI=1S/C20H27N5S/c1-15-23-24-20(26-15)22-19-9-5-8-18(21-19)17-10-12-25(13-11-17)14-16-6-3-2-4-7-16/h2-3,5,8-9,16-17H,4,6-7,10-14H2,1H3,(H,21,22,24). The molecule has 3 heterocycles. The fourth-order valence-corrected chi connectivity index (χ4v) is 4.60. The second-order valence-corrected chi connectivity index (χ2v) is 8.61. The maximum Gasteiger partial charge on any atom is 0.211 e. The molecule has 0 saturated carbocycles. The van der Waals surface area contributed by atoms with Gasteiger partial charge in [-0.1, -0.05) is 29.6 Å². The number of nitrogens with zero attached hydrogens (tertiary/aromatic N) is 4. The van der Waals surface area contributed by atoms with Gasteiger partial charge in [0.2, 0.25) is 5.13 Å². The number of anilines is 2. The molecule has 1 aliphatic heterocycles. The van der Waals surface area contributed by atoms with Crippen LogP contribution in [-0.2, 0) is 0 Å². The van der Waals surface area contributed by atoms with E-state index in [0.29, 0.717) is 5.92 Å². The molecule has 0 spiro atoms. The highest BCUT2D eigenvalue weighted by molar-refractivity contribution is 7.15. The zero-order chi connectivity index (χ0) is 17.8. The van der Waals surface area contributed by atoms with Crippen LogP contribution in [-0.4, -0.2) is 39.7 Å². The van der Waals surface area contributed by atoms with Crippen molar-refractivity contribution in [2.24, 2.45) is 5.92 Å². The van der Waals surface area contributed by atoms with Crippen LogP contribution in [0.15, 0.2) is 30.4 Å². The van der Waals surface area contributed by atoms with Crippen LogP contribution in [0.25, 0.3) is 0 Å². The minimum atomic E-state index is 0.565. The van der Waals surface area contributed by atoms with Crippen LogP contribution in [0, 0.1) is 12.8 Å². The van der Waals surface area contributed by atoms with Gasteiger partial charge in [-0.05, 0) is 70.2 Å². The summed E-state index contributed by atoms with van der Waals surface area (Å²) in [6.07, 6.45) is 11.0. The molecule has 6 heteroatoms. The van der Waals surface area contributed by atoms with E-state index in [1.165, 1.54) is 57.4 Å². The third kappa shape index (κ3) is 4.48. The van der Waals surface area contributed by atoms with Gasteiger partial charge >= 0.3 is 0 Å². The lowest BCUT2D eigenvalue weighted by molar-refractivity contribution is 0.177. The molecule has 138 valence electrons. The first-order valence-electron chi connectivity index (χ1n) is 9.68. The average Bonchev–Trinajstić information content (AvgIpc) is 3.08. The van der Waals surface area contributed by atoms with Crippen molar-refractivity contribution in [2.45, 2.75) is 44.9 Å². The summed E-state index contributed by atoms with van der Waals surface area (Å²) in [5.74, 6) is 2.29. The van der Waals surface area contributed by atoms with E-state index >= 15 is 0 Å². The number of nitrogens with one attached hydrogen (secondary N) is 1. The lowest BCUT2D eigenvalue weighted by Gasteiger charge is -2.34. The number of hydrogen-bond donors (Lipinski definition) is 1. The average molecular weight is 370 g/mol. The van der Waals surface area contributed by atoms with Crippen LogP contribution in [0.2, 0.25) is 0 Å². The number of hydrogen-bond acceptors (Lipinski definition) is 6. The summed E-state index contributed by atoms with van der Waals surface area (Å²) in [5, 5.41) is 13.2. The molecular formula is C20H27N5S. The van der Waals surface area contributed by atoms with Crippen LogP contribution in [0.4, 0.5) is 10.9 Å². The van der Waals surface area contributed by atoms with Crippen molar-refractivity contribution >= 4 is 22.3 Å². The van der Waals surface area contributed by atoms with E-state index in [-0.39, 0.29) is 0 Å². The molecule has 0 aromatic carbocycles. The molecule has 2 aliphatic rings. The smallest absolute Gasteiger partial charge is 0.211 e. The first-order chi connectivity index (χ1) is 12.8. The van der Waals surface area contributed by atoms with Crippen molar-refractivity contribution in [1.29, 1.82) is 0 Å². The monoisotopic (exact) mass is 369 g/mol. The van der Waals surface area contributed by atoms with Gasteiger partial charge in [0, 0.05) is 18.2 Å². The van der Waals surface area contributed by atoms with Crippen molar-refractivity contribution in [2.75, 3.05) is 25.0 Å². The maximum atomic E-state index is 4.84. The molecule has 1 unspecified atom stereocenters. The molecule has 26 heavy (non-hydrogen) atoms. The van der Waals surface area contributed by atoms with E-state index in [4.69, 9.17) is 4.98 Å². The van der Waals surface area contributed by atoms with Crippen molar-refractivity contribution in [3.63, 3.8) is 0 Å². The van der Waals surface area contributed by atoms with Gasteiger partial charge in [0.15, 0.2) is 0 Å². The SMILES string of the molecule is Cc1nnc(Nc2cccc(C3CCN(CC4CC=CCC4)CC3)n2)s1. The van der Waals surface area contributed by atoms with Crippen molar-refractivity contribution in [3.05, 3.63) is 41.1 Å². The van der Waals surface area contributed by atoms with Gasteiger partial charge in [0.05, 0.1) is 0 Å². The fourth-order valence-electron chi connectivity index (χ4n) is 4.00. The number of aromatic nitrogens is 3. The molecule has 5 nitrogen and oxygen atoms in total. The van der Waals surface area contributed by atoms with E-state index < -0.39 is 0 Å². The summed E-state index contributed by atoms with van der Waals surface area (Å²) in [5.41, 5.74) is 1.21. The highest BCUT2D eigenvalue weighted by Gasteiger charge is 2.23. The van der Waals surface area contributed by atoms with Crippen molar-refractivity contribution in [1.82, 2.24) is 20.1 Å². The lowest BCUT2D eigenvalue weighted by atomic mass is 9.90. The molecule has 1 fully saturated rings. The minimum Gasteiger partial charge on any atom is -0.315 e. The number of allylic oxidation sites excluding steroid dienone is 2. The van der Waals surface area contributed by atoms with E-state index in [9.17, 15) is 0 Å². The van der Waals surface area contributed by atoms with Crippen LogP contribution in [0.5, 0.6) is 0 Å². The molecule has 4 rings (SSSR count). The molecule has 1 aliphatic carbocycles. The van der Waals surface area contributed by atoms with Gasteiger partial charge in [-0.25, -0.2) is 4.98 Å². The van der Waals surface area contributed by atoms with Gasteiger partial charge in [-0.15, -0.1) is 10.2 Å². The van der Waals surface area contributed by atoms with E-state index in [2.05, 4.69) is 44.7 Å². The Hall–Kier alpha value is -1.79. The van der Waals surface area contributed by atoms with Gasteiger partial charge in [-0.3, -0.25) is 0 Å². The summed E-state index contributed by atoms with van der Waals surface area (Å²) in [7, 11) is 0. The van der Waals surface area contributed by atoms with E-state index in [0.717, 1.165) is 21.9 Å². The summed E-state index contributed by atoms with van der Waals surface area (Å²) >= 11 is 1.56. The Kier molecular flexibility index (Phi) is 5.60. The topological polar surface area (TPSA) is 53.9 Å². The first-order valence-corrected chi connectivity index (χ1v) is 10.5. The van der Waals surface area contributed by atoms with Crippen molar-refractivity contribution in [3.8, 4) is 0 Å². The second kappa shape index (κ2) is 8.27. The molecule has 1 saturated heterocycles. The summed E-state index contributed by atoms with van der Waals surface area (Å²) in [6, 6.07) is 6.27. The summed E-state index contributed by atoms with van der Waals surface area (Å²) in [4.78, 5) is 7.50. The van der Waals surface area contributed by atoms with E-state index in [1.54, 1.807) is 11.3 Å². The van der Waals surface area contributed by atoms with Crippen LogP contribution >= 0.6 is 11.3 Å². The maximum absolute atomic E-state index is 4.84. The third-order valence-corrected chi connectivity index (χ3v) is 6.19. The quantitative estimate of drug-likeness (QED) is 0.785. The van der Waals surface area contributed by atoms with Crippen LogP contribution in [0.3, 0.4) is 0 Å². The zero-order valence-corrected chi connectivity index (χ0v) is 16.2. The predicted octanol–water partition coefficient (Wildman–Crippen LogP) is 4.52. The fraction of sp³-hybridized carbons (Fsp3) is 0.550. The number of aryl methyl sites for hydroxylation is 1. The first kappa shape index (κ1) is 17.6. The Morgan fingerprint density at radius 3 is 2.77 bits per heavy atom. The third-order valence-electron chi connectivity index (χ3n) is 5.43. The normalized spacial score (nSPS) is 21.8. The predicted molar refractivity (Wildman–Crippen MR) is 107 cm³/mol.